The van der Waals surface area contributed by atoms with E-state index in [1.165, 1.54) is 22.3 Å². The third-order valence-electron chi connectivity index (χ3n) is 3.70. The van der Waals surface area contributed by atoms with Crippen molar-refractivity contribution >= 4 is 0 Å². The van der Waals surface area contributed by atoms with E-state index in [4.69, 9.17) is 4.74 Å². The van der Waals surface area contributed by atoms with E-state index in [-0.39, 0.29) is 0 Å². The number of hydrogen-bond acceptors (Lipinski definition) is 3. The van der Waals surface area contributed by atoms with Gasteiger partial charge >= 0.3 is 0 Å². The van der Waals surface area contributed by atoms with Crippen LogP contribution in [0.4, 0.5) is 0 Å². The van der Waals surface area contributed by atoms with E-state index in [1.807, 2.05) is 12.3 Å². The lowest BCUT2D eigenvalue weighted by Crippen LogP contribution is -2.12. The Balaban J connectivity index is 2.02. The molecule has 0 spiro atoms. The molecule has 0 aliphatic heterocycles. The normalized spacial score (nSPS) is 10.7. The lowest BCUT2D eigenvalue weighted by molar-refractivity contribution is 0.297. The fourth-order valence-corrected chi connectivity index (χ4v) is 2.21. The molecular weight excluding hydrogens is 260 g/mol. The van der Waals surface area contributed by atoms with Gasteiger partial charge in [-0.25, -0.2) is 0 Å². The highest BCUT2D eigenvalue weighted by Crippen LogP contribution is 2.26. The van der Waals surface area contributed by atoms with Crippen LogP contribution in [0.1, 0.15) is 34.9 Å². The van der Waals surface area contributed by atoms with Crippen LogP contribution in [0.2, 0.25) is 0 Å². The van der Waals surface area contributed by atoms with Crippen LogP contribution in [0.15, 0.2) is 30.5 Å². The standard InChI is InChI=1S/C18H24N2O/c1-5-19-10-16-8-9-17(20-11-16)12-21-18-14(3)7-6-13(2)15(18)4/h6-9,11,19H,5,10,12H2,1-4H3. The van der Waals surface area contributed by atoms with Crippen molar-refractivity contribution in [1.29, 1.82) is 0 Å². The van der Waals surface area contributed by atoms with Crippen molar-refractivity contribution < 1.29 is 4.74 Å². The van der Waals surface area contributed by atoms with Crippen LogP contribution < -0.4 is 10.1 Å². The minimum atomic E-state index is 0.507. The minimum absolute atomic E-state index is 0.507. The molecule has 1 aromatic carbocycles. The summed E-state index contributed by atoms with van der Waals surface area (Å²) < 4.78 is 5.98. The Morgan fingerprint density at radius 3 is 2.48 bits per heavy atom. The van der Waals surface area contributed by atoms with Gasteiger partial charge in [0.1, 0.15) is 12.4 Å². The van der Waals surface area contributed by atoms with Gasteiger partial charge in [0.15, 0.2) is 0 Å². The van der Waals surface area contributed by atoms with E-state index >= 15 is 0 Å². The first-order valence-corrected chi connectivity index (χ1v) is 7.46. The molecule has 112 valence electrons. The summed E-state index contributed by atoms with van der Waals surface area (Å²) in [5, 5.41) is 3.29. The maximum absolute atomic E-state index is 5.98. The number of benzene rings is 1. The van der Waals surface area contributed by atoms with Crippen molar-refractivity contribution in [2.75, 3.05) is 6.54 Å². The predicted molar refractivity (Wildman–Crippen MR) is 86.6 cm³/mol. The van der Waals surface area contributed by atoms with E-state index in [0.717, 1.165) is 24.5 Å². The summed E-state index contributed by atoms with van der Waals surface area (Å²) in [6.45, 7) is 10.7. The van der Waals surface area contributed by atoms with E-state index < -0.39 is 0 Å². The lowest BCUT2D eigenvalue weighted by Gasteiger charge is -2.13. The smallest absolute Gasteiger partial charge is 0.130 e. The summed E-state index contributed by atoms with van der Waals surface area (Å²) in [7, 11) is 0. The first-order valence-electron chi connectivity index (χ1n) is 7.46. The number of nitrogens with zero attached hydrogens (tertiary/aromatic N) is 1. The molecule has 0 unspecified atom stereocenters. The second-order valence-electron chi connectivity index (χ2n) is 5.38. The molecule has 3 nitrogen and oxygen atoms in total. The first kappa shape index (κ1) is 15.5. The molecule has 0 bridgehead atoms. The fourth-order valence-electron chi connectivity index (χ4n) is 2.21. The average Bonchev–Trinajstić information content (AvgIpc) is 2.50. The van der Waals surface area contributed by atoms with Crippen LogP contribution in [-0.4, -0.2) is 11.5 Å². The Morgan fingerprint density at radius 2 is 1.81 bits per heavy atom. The summed E-state index contributed by atoms with van der Waals surface area (Å²) in [4.78, 5) is 4.46. The number of aromatic nitrogens is 1. The van der Waals surface area contributed by atoms with Gasteiger partial charge in [0.2, 0.25) is 0 Å². The lowest BCUT2D eigenvalue weighted by atomic mass is 10.1. The van der Waals surface area contributed by atoms with Crippen LogP contribution in [0.5, 0.6) is 5.75 Å². The van der Waals surface area contributed by atoms with Gasteiger partial charge in [-0.05, 0) is 55.6 Å². The number of nitrogens with one attached hydrogen (secondary N) is 1. The van der Waals surface area contributed by atoms with Gasteiger partial charge in [0.05, 0.1) is 5.69 Å². The van der Waals surface area contributed by atoms with Crippen molar-refractivity contribution in [3.63, 3.8) is 0 Å². The predicted octanol–water partition coefficient (Wildman–Crippen LogP) is 3.70. The summed E-state index contributed by atoms with van der Waals surface area (Å²) in [6, 6.07) is 8.37. The third kappa shape index (κ3) is 4.05. The number of ether oxygens (including phenoxy) is 1. The highest BCUT2D eigenvalue weighted by atomic mass is 16.5. The number of pyridine rings is 1. The molecule has 0 aliphatic carbocycles. The molecule has 0 fully saturated rings. The van der Waals surface area contributed by atoms with E-state index in [2.05, 4.69) is 56.2 Å². The highest BCUT2D eigenvalue weighted by molar-refractivity contribution is 5.44. The molecule has 0 aliphatic rings. The number of aryl methyl sites for hydroxylation is 2. The Labute approximate surface area is 127 Å². The average molecular weight is 284 g/mol. The first-order chi connectivity index (χ1) is 10.1. The molecule has 0 atom stereocenters. The molecule has 0 radical (unpaired) electrons. The Hall–Kier alpha value is -1.87. The molecule has 21 heavy (non-hydrogen) atoms. The van der Waals surface area contributed by atoms with Crippen molar-refractivity contribution in [2.24, 2.45) is 0 Å². The zero-order chi connectivity index (χ0) is 15.2. The molecule has 3 heteroatoms. The Morgan fingerprint density at radius 1 is 1.05 bits per heavy atom. The molecule has 2 rings (SSSR count). The van der Waals surface area contributed by atoms with Gasteiger partial charge in [-0.3, -0.25) is 4.98 Å². The zero-order valence-corrected chi connectivity index (χ0v) is 13.4. The maximum Gasteiger partial charge on any atom is 0.130 e. The second-order valence-corrected chi connectivity index (χ2v) is 5.38. The van der Waals surface area contributed by atoms with Crippen molar-refractivity contribution in [3.05, 3.63) is 58.4 Å². The van der Waals surface area contributed by atoms with Gasteiger partial charge in [-0.2, -0.15) is 0 Å². The molecule has 0 amide bonds. The summed E-state index contributed by atoms with van der Waals surface area (Å²) in [5.41, 5.74) is 5.78. The van der Waals surface area contributed by atoms with Crippen LogP contribution in [0, 0.1) is 20.8 Å². The van der Waals surface area contributed by atoms with Gasteiger partial charge in [0.25, 0.3) is 0 Å². The van der Waals surface area contributed by atoms with Crippen molar-refractivity contribution in [2.45, 2.75) is 40.8 Å². The third-order valence-corrected chi connectivity index (χ3v) is 3.70. The van der Waals surface area contributed by atoms with Gasteiger partial charge in [0, 0.05) is 12.7 Å². The second kappa shape index (κ2) is 7.23. The van der Waals surface area contributed by atoms with Crippen molar-refractivity contribution in [1.82, 2.24) is 10.3 Å². The summed E-state index contributed by atoms with van der Waals surface area (Å²) in [5.74, 6) is 0.980. The van der Waals surface area contributed by atoms with Crippen LogP contribution in [-0.2, 0) is 13.2 Å². The largest absolute Gasteiger partial charge is 0.487 e. The zero-order valence-electron chi connectivity index (χ0n) is 13.4. The monoisotopic (exact) mass is 284 g/mol. The molecule has 1 aromatic heterocycles. The number of rotatable bonds is 6. The summed E-state index contributed by atoms with van der Waals surface area (Å²) in [6.07, 6.45) is 1.91. The molecule has 1 heterocycles. The Bertz CT molecular complexity index is 591. The number of hydrogen-bond donors (Lipinski definition) is 1. The Kier molecular flexibility index (Phi) is 5.34. The fraction of sp³-hybridized carbons (Fsp3) is 0.389. The van der Waals surface area contributed by atoms with Crippen LogP contribution >= 0.6 is 0 Å². The molecule has 2 aromatic rings. The van der Waals surface area contributed by atoms with Crippen molar-refractivity contribution in [3.8, 4) is 5.75 Å². The molecule has 0 saturated heterocycles. The molecule has 0 saturated carbocycles. The van der Waals surface area contributed by atoms with Crippen LogP contribution in [0.25, 0.3) is 0 Å². The topological polar surface area (TPSA) is 34.1 Å². The SMILES string of the molecule is CCNCc1ccc(COc2c(C)ccc(C)c2C)nc1. The van der Waals surface area contributed by atoms with E-state index in [0.29, 0.717) is 6.61 Å². The quantitative estimate of drug-likeness (QED) is 0.878. The van der Waals surface area contributed by atoms with Gasteiger partial charge in [-0.15, -0.1) is 0 Å². The molecule has 1 N–H and O–H groups in total. The van der Waals surface area contributed by atoms with E-state index in [9.17, 15) is 0 Å². The van der Waals surface area contributed by atoms with Gasteiger partial charge in [-0.1, -0.05) is 25.1 Å². The van der Waals surface area contributed by atoms with Crippen LogP contribution in [0.3, 0.4) is 0 Å². The molecular formula is C18H24N2O. The summed E-state index contributed by atoms with van der Waals surface area (Å²) >= 11 is 0. The highest BCUT2D eigenvalue weighted by Gasteiger charge is 2.07. The maximum atomic E-state index is 5.98. The van der Waals surface area contributed by atoms with Gasteiger partial charge < -0.3 is 10.1 Å². The van der Waals surface area contributed by atoms with E-state index in [1.54, 1.807) is 0 Å². The minimum Gasteiger partial charge on any atom is -0.487 e.